The number of aromatic nitrogens is 2. The minimum Gasteiger partial charge on any atom is -0.496 e. The Hall–Kier alpha value is -3.16. The monoisotopic (exact) mass is 609 g/mol. The maximum atomic E-state index is 13.9. The largest absolute Gasteiger partial charge is 0.496 e. The first kappa shape index (κ1) is 28.9. The van der Waals surface area contributed by atoms with E-state index in [4.69, 9.17) is 13.9 Å². The van der Waals surface area contributed by atoms with E-state index in [-0.39, 0.29) is 23.7 Å². The van der Waals surface area contributed by atoms with Gasteiger partial charge in [0.2, 0.25) is 10.8 Å². The number of nitrogens with one attached hydrogen (secondary N) is 4. The van der Waals surface area contributed by atoms with Gasteiger partial charge in [0.05, 0.1) is 23.4 Å². The molecule has 0 saturated carbocycles. The molecule has 2 aliphatic rings. The maximum absolute atomic E-state index is 13.9. The van der Waals surface area contributed by atoms with E-state index < -0.39 is 23.2 Å². The fraction of sp³-hybridized carbons (Fsp3) is 0.433. The number of aliphatic hydroxyl groups is 1. The van der Waals surface area contributed by atoms with Gasteiger partial charge in [-0.1, -0.05) is 32.0 Å². The van der Waals surface area contributed by atoms with E-state index >= 15 is 0 Å². The normalized spacial score (nSPS) is 23.3. The van der Waals surface area contributed by atoms with Gasteiger partial charge in [0, 0.05) is 28.9 Å². The Morgan fingerprint density at radius 3 is 2.71 bits per heavy atom. The predicted octanol–water partition coefficient (Wildman–Crippen LogP) is 4.26. The van der Waals surface area contributed by atoms with Crippen molar-refractivity contribution >= 4 is 56.3 Å². The van der Waals surface area contributed by atoms with Crippen LogP contribution in [0.2, 0.25) is 0 Å². The Morgan fingerprint density at radius 2 is 2.02 bits per heavy atom. The summed E-state index contributed by atoms with van der Waals surface area (Å²) in [5, 5.41) is 21.4. The molecule has 42 heavy (non-hydrogen) atoms. The van der Waals surface area contributed by atoms with Gasteiger partial charge in [-0.15, -0.1) is 11.3 Å². The van der Waals surface area contributed by atoms with E-state index in [1.54, 1.807) is 24.5 Å². The third kappa shape index (κ3) is 5.73. The van der Waals surface area contributed by atoms with Crippen molar-refractivity contribution in [2.24, 2.45) is 11.8 Å². The van der Waals surface area contributed by atoms with E-state index in [1.165, 1.54) is 12.0 Å². The molecule has 10 nitrogen and oxygen atoms in total. The molecule has 0 unspecified atom stereocenters. The van der Waals surface area contributed by atoms with Crippen LogP contribution in [0, 0.1) is 11.8 Å². The second-order valence-corrected chi connectivity index (χ2v) is 13.3. The summed E-state index contributed by atoms with van der Waals surface area (Å²) in [5.74, 6) is 0.0678. The number of thiazole rings is 1. The molecular formula is C30H35N5O5S2. The lowest BCUT2D eigenvalue weighted by Crippen LogP contribution is -2.53. The standard InChI is InChI=1S/C30H35N5O5S2/c1-16(2)13-21(33-27(37)22-15-18-19(32-22)8-6-9-23(18)39-3)28(38)35-25(14-17-11-12-31-26(17)36)30(40-42-30)29-34-20-7-4-5-10-24(20)41-29/h4-10,15-17,21,25-26,31-32,36H,11-14H2,1-3H3,(H,33,37)(H,35,38)/t17-,21-,25-,26+,30+/m0/s1. The lowest BCUT2D eigenvalue weighted by Gasteiger charge is -2.29. The summed E-state index contributed by atoms with van der Waals surface area (Å²) in [6.45, 7) is 4.73. The van der Waals surface area contributed by atoms with Crippen LogP contribution in [0.3, 0.4) is 0 Å². The molecule has 5 atom stereocenters. The first-order chi connectivity index (χ1) is 20.3. The van der Waals surface area contributed by atoms with Gasteiger partial charge in [0.15, 0.2) is 0 Å². The maximum Gasteiger partial charge on any atom is 0.268 e. The number of nitrogens with zero attached hydrogens (tertiary/aromatic N) is 1. The number of carbonyl (C=O) groups excluding carboxylic acids is 2. The lowest BCUT2D eigenvalue weighted by atomic mass is 9.93. The van der Waals surface area contributed by atoms with Crippen molar-refractivity contribution in [3.63, 3.8) is 0 Å². The number of H-pyrrole nitrogens is 1. The zero-order valence-corrected chi connectivity index (χ0v) is 25.3. The highest BCUT2D eigenvalue weighted by molar-refractivity contribution is 8.01. The second kappa shape index (κ2) is 11.8. The molecule has 0 aliphatic carbocycles. The van der Waals surface area contributed by atoms with Crippen LogP contribution in [0.5, 0.6) is 5.75 Å². The molecule has 2 aliphatic heterocycles. The number of ether oxygens (including phenoxy) is 1. The van der Waals surface area contributed by atoms with Crippen molar-refractivity contribution in [2.45, 2.75) is 56.4 Å². The summed E-state index contributed by atoms with van der Waals surface area (Å²) in [6, 6.07) is 13.9. The fourth-order valence-corrected chi connectivity index (χ4v) is 7.64. The first-order valence-corrected chi connectivity index (χ1v) is 15.7. The minimum atomic E-state index is -0.859. The number of hydrogen-bond donors (Lipinski definition) is 5. The Balaban J connectivity index is 1.26. The van der Waals surface area contributed by atoms with Gasteiger partial charge in [-0.05, 0) is 62.1 Å². The number of aromatic amines is 1. The quantitative estimate of drug-likeness (QED) is 0.126. The van der Waals surface area contributed by atoms with Crippen LogP contribution < -0.4 is 20.7 Å². The van der Waals surface area contributed by atoms with Gasteiger partial charge >= 0.3 is 0 Å². The highest BCUT2D eigenvalue weighted by atomic mass is 32.2. The van der Waals surface area contributed by atoms with Crippen LogP contribution in [-0.2, 0) is 13.9 Å². The Kier molecular flexibility index (Phi) is 8.16. The van der Waals surface area contributed by atoms with Gasteiger partial charge in [-0.2, -0.15) is 0 Å². The third-order valence-corrected chi connectivity index (χ3v) is 10.2. The molecule has 2 aromatic carbocycles. The topological polar surface area (TPSA) is 141 Å². The molecule has 2 fully saturated rings. The van der Waals surface area contributed by atoms with Gasteiger partial charge in [-0.3, -0.25) is 19.1 Å². The Labute approximate surface area is 252 Å². The smallest absolute Gasteiger partial charge is 0.268 e. The van der Waals surface area contributed by atoms with Crippen LogP contribution in [0.1, 0.15) is 48.6 Å². The third-order valence-electron chi connectivity index (χ3n) is 7.90. The average molecular weight is 610 g/mol. The summed E-state index contributed by atoms with van der Waals surface area (Å²) < 4.78 is 12.5. The Bertz CT molecular complexity index is 1570. The molecule has 5 N–H and O–H groups in total. The van der Waals surface area contributed by atoms with Crippen molar-refractivity contribution < 1.29 is 23.6 Å². The number of amides is 2. The summed E-state index contributed by atoms with van der Waals surface area (Å²) in [5.41, 5.74) is 1.99. The molecule has 0 radical (unpaired) electrons. The fourth-order valence-electron chi connectivity index (χ4n) is 5.64. The molecule has 0 bridgehead atoms. The number of rotatable bonds is 11. The molecule has 4 aromatic rings. The molecule has 2 aromatic heterocycles. The predicted molar refractivity (Wildman–Crippen MR) is 164 cm³/mol. The summed E-state index contributed by atoms with van der Waals surface area (Å²) in [7, 11) is 1.59. The van der Waals surface area contributed by atoms with E-state index in [9.17, 15) is 14.7 Å². The SMILES string of the molecule is COc1cccc2[nH]c(C(=O)N[C@@H](CC(C)C)C(=O)N[C@@H](C[C@@H]3CCN[C@@H]3O)[C@@]3(c4nc5ccccc5s4)OS3)cc12. The van der Waals surface area contributed by atoms with Crippen molar-refractivity contribution in [3.8, 4) is 5.75 Å². The number of carbonyl (C=O) groups is 2. The van der Waals surface area contributed by atoms with Crippen LogP contribution in [-0.4, -0.2) is 58.9 Å². The minimum absolute atomic E-state index is 0.0641. The summed E-state index contributed by atoms with van der Waals surface area (Å²) >= 11 is 2.83. The molecule has 2 amide bonds. The van der Waals surface area contributed by atoms with Crippen molar-refractivity contribution in [1.82, 2.24) is 25.9 Å². The first-order valence-electron chi connectivity index (χ1n) is 14.2. The number of benzene rings is 2. The van der Waals surface area contributed by atoms with Crippen LogP contribution in [0.4, 0.5) is 0 Å². The van der Waals surface area contributed by atoms with Crippen molar-refractivity contribution in [2.75, 3.05) is 13.7 Å². The van der Waals surface area contributed by atoms with E-state index in [1.807, 2.05) is 56.3 Å². The Morgan fingerprint density at radius 1 is 1.21 bits per heavy atom. The number of methoxy groups -OCH3 is 1. The number of fused-ring (bicyclic) bond motifs is 2. The molecule has 222 valence electrons. The zero-order chi connectivity index (χ0) is 29.4. The second-order valence-electron chi connectivity index (χ2n) is 11.3. The van der Waals surface area contributed by atoms with Crippen molar-refractivity contribution in [1.29, 1.82) is 0 Å². The van der Waals surface area contributed by atoms with Crippen molar-refractivity contribution in [3.05, 3.63) is 59.2 Å². The molecule has 2 saturated heterocycles. The van der Waals surface area contributed by atoms with E-state index in [0.29, 0.717) is 30.8 Å². The highest BCUT2D eigenvalue weighted by Gasteiger charge is 2.59. The molecular weight excluding hydrogens is 574 g/mol. The van der Waals surface area contributed by atoms with Gasteiger partial charge < -0.3 is 25.5 Å². The number of hydrogen-bond acceptors (Lipinski definition) is 9. The molecule has 12 heteroatoms. The van der Waals surface area contributed by atoms with Gasteiger partial charge in [-0.25, -0.2) is 4.98 Å². The average Bonchev–Trinajstić information content (AvgIpc) is 3.28. The molecule has 0 spiro atoms. The number of aliphatic hydroxyl groups excluding tert-OH is 1. The van der Waals surface area contributed by atoms with Gasteiger partial charge in [0.25, 0.3) is 5.91 Å². The lowest BCUT2D eigenvalue weighted by molar-refractivity contribution is -0.124. The van der Waals surface area contributed by atoms with E-state index in [2.05, 4.69) is 20.9 Å². The van der Waals surface area contributed by atoms with Gasteiger partial charge in [0.1, 0.15) is 28.7 Å². The van der Waals surface area contributed by atoms with Crippen LogP contribution in [0.25, 0.3) is 21.1 Å². The summed E-state index contributed by atoms with van der Waals surface area (Å²) in [4.78, 5) is 34.5. The zero-order valence-electron chi connectivity index (χ0n) is 23.7. The van der Waals surface area contributed by atoms with Crippen LogP contribution in [0.15, 0.2) is 48.5 Å². The van der Waals surface area contributed by atoms with E-state index in [0.717, 1.165) is 32.5 Å². The molecule has 6 rings (SSSR count). The molecule has 4 heterocycles. The number of para-hydroxylation sites is 1. The van der Waals surface area contributed by atoms with Crippen LogP contribution >= 0.6 is 23.4 Å². The highest BCUT2D eigenvalue weighted by Crippen LogP contribution is 2.60. The summed E-state index contributed by atoms with van der Waals surface area (Å²) in [6.07, 6.45) is 1.06.